The third-order valence-electron chi connectivity index (χ3n) is 3.91. The van der Waals surface area contributed by atoms with Gasteiger partial charge in [0, 0.05) is 12.7 Å². The second-order valence-corrected chi connectivity index (χ2v) is 8.70. The summed E-state index contributed by atoms with van der Waals surface area (Å²) in [5.74, 6) is 0.0237. The molecule has 0 radical (unpaired) electrons. The van der Waals surface area contributed by atoms with Gasteiger partial charge in [-0.2, -0.15) is 0 Å². The van der Waals surface area contributed by atoms with E-state index in [1.807, 2.05) is 13.0 Å². The summed E-state index contributed by atoms with van der Waals surface area (Å²) in [6, 6.07) is 4.94. The highest BCUT2D eigenvalue weighted by molar-refractivity contribution is 8.18. The van der Waals surface area contributed by atoms with E-state index in [9.17, 15) is 9.90 Å². The van der Waals surface area contributed by atoms with E-state index in [1.165, 1.54) is 23.1 Å². The maximum absolute atomic E-state index is 12.2. The zero-order chi connectivity index (χ0) is 20.1. The third kappa shape index (κ3) is 5.57. The van der Waals surface area contributed by atoms with Crippen LogP contribution in [0.4, 0.5) is 10.8 Å². The van der Waals surface area contributed by atoms with Gasteiger partial charge in [0.15, 0.2) is 10.3 Å². The number of amides is 1. The molecule has 1 fully saturated rings. The van der Waals surface area contributed by atoms with Gasteiger partial charge in [0.1, 0.15) is 5.75 Å². The Morgan fingerprint density at radius 2 is 2.21 bits per heavy atom. The predicted molar refractivity (Wildman–Crippen MR) is 117 cm³/mol. The first-order chi connectivity index (χ1) is 13.4. The van der Waals surface area contributed by atoms with Gasteiger partial charge in [-0.25, -0.2) is 9.98 Å². The van der Waals surface area contributed by atoms with Gasteiger partial charge in [-0.05, 0) is 75.6 Å². The van der Waals surface area contributed by atoms with Crippen molar-refractivity contribution < 1.29 is 9.90 Å². The number of benzene rings is 1. The molecule has 0 spiro atoms. The second kappa shape index (κ2) is 9.22. The number of thioether (sulfide) groups is 1. The number of thiazole rings is 1. The number of carbonyl (C=O) groups excluding carboxylic acids is 1. The van der Waals surface area contributed by atoms with Gasteiger partial charge >= 0.3 is 0 Å². The minimum atomic E-state index is -0.172. The first kappa shape index (κ1) is 20.4. The van der Waals surface area contributed by atoms with E-state index in [1.54, 1.807) is 24.4 Å². The minimum Gasteiger partial charge on any atom is -0.508 e. The largest absolute Gasteiger partial charge is 0.508 e. The van der Waals surface area contributed by atoms with Crippen LogP contribution in [0.3, 0.4) is 0 Å². The van der Waals surface area contributed by atoms with Crippen molar-refractivity contribution in [2.24, 2.45) is 4.99 Å². The van der Waals surface area contributed by atoms with Crippen molar-refractivity contribution in [2.75, 3.05) is 32.5 Å². The van der Waals surface area contributed by atoms with Gasteiger partial charge in [-0.3, -0.25) is 4.79 Å². The monoisotopic (exact) mass is 417 g/mol. The highest BCUT2D eigenvalue weighted by Gasteiger charge is 2.24. The summed E-state index contributed by atoms with van der Waals surface area (Å²) in [6.07, 6.45) is 4.63. The van der Waals surface area contributed by atoms with Gasteiger partial charge in [-0.15, -0.1) is 0 Å². The van der Waals surface area contributed by atoms with Crippen molar-refractivity contribution in [3.8, 4) is 5.75 Å². The lowest BCUT2D eigenvalue weighted by atomic mass is 10.2. The van der Waals surface area contributed by atoms with Crippen LogP contribution >= 0.6 is 23.1 Å². The van der Waals surface area contributed by atoms with E-state index in [0.717, 1.165) is 35.1 Å². The molecule has 1 aliphatic heterocycles. The summed E-state index contributed by atoms with van der Waals surface area (Å²) in [5, 5.41) is 17.0. The van der Waals surface area contributed by atoms with Crippen LogP contribution < -0.4 is 10.6 Å². The van der Waals surface area contributed by atoms with Gasteiger partial charge < -0.3 is 20.6 Å². The van der Waals surface area contributed by atoms with Gasteiger partial charge in [0.05, 0.1) is 15.5 Å². The summed E-state index contributed by atoms with van der Waals surface area (Å²) in [6.45, 7) is 3.75. The number of amidine groups is 1. The maximum atomic E-state index is 12.2. The second-order valence-electron chi connectivity index (χ2n) is 6.60. The number of nitrogens with zero attached hydrogens (tertiary/aromatic N) is 3. The van der Waals surface area contributed by atoms with Crippen molar-refractivity contribution in [1.29, 1.82) is 0 Å². The number of hydrogen-bond acceptors (Lipinski definition) is 8. The van der Waals surface area contributed by atoms with Crippen molar-refractivity contribution in [3.05, 3.63) is 39.7 Å². The summed E-state index contributed by atoms with van der Waals surface area (Å²) >= 11 is 2.81. The predicted octanol–water partition coefficient (Wildman–Crippen LogP) is 3.41. The molecule has 9 heteroatoms. The quantitative estimate of drug-likeness (QED) is 0.472. The number of anilines is 1. The molecule has 2 heterocycles. The molecule has 1 aliphatic rings. The number of aromatic nitrogens is 1. The molecule has 3 N–H and O–H groups in total. The average Bonchev–Trinajstić information content (AvgIpc) is 3.21. The number of hydrogen-bond donors (Lipinski definition) is 3. The molecule has 0 atom stereocenters. The molecule has 1 aromatic heterocycles. The number of phenolic OH excluding ortho intramolecular Hbond substituents is 1. The molecule has 7 nitrogen and oxygen atoms in total. The Balaban J connectivity index is 1.63. The Labute approximate surface area is 172 Å². The molecule has 28 heavy (non-hydrogen) atoms. The zero-order valence-electron chi connectivity index (χ0n) is 16.0. The number of aromatic hydroxyl groups is 1. The molecular weight excluding hydrogens is 394 g/mol. The number of rotatable bonds is 7. The lowest BCUT2D eigenvalue weighted by Gasteiger charge is -2.08. The van der Waals surface area contributed by atoms with Crippen LogP contribution in [0.2, 0.25) is 0 Å². The molecule has 0 saturated carbocycles. The number of nitrogens with one attached hydrogen (secondary N) is 2. The van der Waals surface area contributed by atoms with Gasteiger partial charge in [0.2, 0.25) is 0 Å². The molecule has 2 aromatic rings. The smallest absolute Gasteiger partial charge is 0.264 e. The maximum Gasteiger partial charge on any atom is 0.264 e. The molecule has 0 bridgehead atoms. The van der Waals surface area contributed by atoms with E-state index < -0.39 is 0 Å². The topological polar surface area (TPSA) is 89.9 Å². The van der Waals surface area contributed by atoms with E-state index in [2.05, 4.69) is 39.6 Å². The van der Waals surface area contributed by atoms with E-state index >= 15 is 0 Å². The molecule has 0 unspecified atom stereocenters. The Morgan fingerprint density at radius 3 is 2.96 bits per heavy atom. The highest BCUT2D eigenvalue weighted by atomic mass is 32.2. The Morgan fingerprint density at radius 1 is 1.39 bits per heavy atom. The fourth-order valence-electron chi connectivity index (χ4n) is 2.51. The summed E-state index contributed by atoms with van der Waals surface area (Å²) in [4.78, 5) is 24.7. The Kier molecular flexibility index (Phi) is 6.71. The molecule has 148 valence electrons. The lowest BCUT2D eigenvalue weighted by molar-refractivity contribution is -0.115. The Hall–Kier alpha value is -2.36. The molecule has 1 amide bonds. The third-order valence-corrected chi connectivity index (χ3v) is 5.72. The first-order valence-corrected chi connectivity index (χ1v) is 10.5. The number of phenols is 1. The molecule has 0 aliphatic carbocycles. The number of aryl methyl sites for hydroxylation is 1. The fraction of sp³-hybridized carbons (Fsp3) is 0.316. The summed E-state index contributed by atoms with van der Waals surface area (Å²) < 4.78 is 0. The van der Waals surface area contributed by atoms with Crippen LogP contribution in [0.1, 0.15) is 16.9 Å². The van der Waals surface area contributed by atoms with Crippen molar-refractivity contribution in [2.45, 2.75) is 13.3 Å². The van der Waals surface area contributed by atoms with Crippen LogP contribution in [0.5, 0.6) is 5.75 Å². The lowest BCUT2D eigenvalue weighted by Crippen LogP contribution is -2.19. The van der Waals surface area contributed by atoms with E-state index in [4.69, 9.17) is 0 Å². The molecular formula is C19H23N5O2S2. The van der Waals surface area contributed by atoms with Gasteiger partial charge in [0.25, 0.3) is 5.91 Å². The normalized spacial score (nSPS) is 16.9. The molecule has 3 rings (SSSR count). The average molecular weight is 418 g/mol. The zero-order valence-corrected chi connectivity index (χ0v) is 17.7. The first-order valence-electron chi connectivity index (χ1n) is 8.84. The molecule has 1 saturated heterocycles. The van der Waals surface area contributed by atoms with Crippen molar-refractivity contribution >= 4 is 51.1 Å². The van der Waals surface area contributed by atoms with Crippen molar-refractivity contribution in [3.63, 3.8) is 0 Å². The van der Waals surface area contributed by atoms with Crippen LogP contribution in [0.25, 0.3) is 6.08 Å². The van der Waals surface area contributed by atoms with Gasteiger partial charge in [-0.1, -0.05) is 11.3 Å². The summed E-state index contributed by atoms with van der Waals surface area (Å²) in [7, 11) is 4.11. The summed E-state index contributed by atoms with van der Waals surface area (Å²) in [5.41, 5.74) is 1.55. The molecule has 1 aromatic carbocycles. The van der Waals surface area contributed by atoms with Crippen LogP contribution in [-0.2, 0) is 4.79 Å². The van der Waals surface area contributed by atoms with E-state index in [-0.39, 0.29) is 11.7 Å². The highest BCUT2D eigenvalue weighted by Crippen LogP contribution is 2.31. The standard InChI is InChI=1S/C19H23N5O2S2/c1-12-9-13(25)5-6-15(12)22-19-23-17(26)16(28-19)10-14-11-21-18(27-14)20-7-4-8-24(2)3/h5-6,9-11,25H,4,7-8H2,1-3H3,(H,20,21)(H,22,23,26)/b16-10-. The number of aliphatic imine (C=N–C) groups is 1. The van der Waals surface area contributed by atoms with Crippen LogP contribution in [0.15, 0.2) is 34.3 Å². The fourth-order valence-corrected chi connectivity index (χ4v) is 4.20. The van der Waals surface area contributed by atoms with E-state index in [0.29, 0.717) is 15.8 Å². The number of carbonyl (C=O) groups is 1. The Bertz CT molecular complexity index is 921. The van der Waals surface area contributed by atoms with Crippen LogP contribution in [0, 0.1) is 6.92 Å². The van der Waals surface area contributed by atoms with Crippen molar-refractivity contribution in [1.82, 2.24) is 15.2 Å². The van der Waals surface area contributed by atoms with Crippen LogP contribution in [-0.4, -0.2) is 53.3 Å². The SMILES string of the molecule is Cc1cc(O)ccc1N=C1NC(=O)/C(=C/c2cnc(NCCCN(C)C)s2)S1. The minimum absolute atomic E-state index is 0.172.